The number of rotatable bonds is 10. The number of nitrogens with one attached hydrogen (secondary N) is 1. The van der Waals surface area contributed by atoms with Crippen molar-refractivity contribution in [1.82, 2.24) is 15.4 Å². The molecule has 10 heteroatoms. The molecule has 0 aliphatic heterocycles. The Morgan fingerprint density at radius 2 is 1.85 bits per heavy atom. The summed E-state index contributed by atoms with van der Waals surface area (Å²) in [5.41, 5.74) is 5.61. The van der Waals surface area contributed by atoms with Crippen LogP contribution in [0.2, 0.25) is 0 Å². The molecule has 0 bridgehead atoms. The molecule has 1 heterocycles. The van der Waals surface area contributed by atoms with Gasteiger partial charge in [0.1, 0.15) is 6.61 Å². The fraction of sp³-hybridized carbons (Fsp3) is 0.208. The lowest BCUT2D eigenvalue weighted by Crippen LogP contribution is -2.20. The first-order chi connectivity index (χ1) is 16.4. The molecule has 3 rings (SSSR count). The van der Waals surface area contributed by atoms with Crippen molar-refractivity contribution < 1.29 is 24.2 Å². The second kappa shape index (κ2) is 11.8. The van der Waals surface area contributed by atoms with Gasteiger partial charge in [0.2, 0.25) is 0 Å². The van der Waals surface area contributed by atoms with E-state index in [4.69, 9.17) is 14.6 Å². The molecule has 0 radical (unpaired) electrons. The molecule has 0 fully saturated rings. The molecule has 34 heavy (non-hydrogen) atoms. The monoisotopic (exact) mass is 480 g/mol. The molecule has 0 atom stereocenters. The summed E-state index contributed by atoms with van der Waals surface area (Å²) in [5.74, 6) is -0.305. The summed E-state index contributed by atoms with van der Waals surface area (Å²) < 4.78 is 11.3. The lowest BCUT2D eigenvalue weighted by Gasteiger charge is -2.13. The van der Waals surface area contributed by atoms with Crippen LogP contribution in [0.3, 0.4) is 0 Å². The molecular formula is C24H24N4O5S. The van der Waals surface area contributed by atoms with E-state index in [0.29, 0.717) is 27.8 Å². The van der Waals surface area contributed by atoms with Crippen molar-refractivity contribution in [3.8, 4) is 11.5 Å². The average molecular weight is 481 g/mol. The molecule has 0 saturated heterocycles. The predicted octanol–water partition coefficient (Wildman–Crippen LogP) is 3.62. The number of ether oxygens (including phenoxy) is 2. The SMILES string of the molecule is COc1cccc(/C=N\NC(=O)CSc2nc(C)cc(C)n2)c1OCc1cccc(C(=O)O)c1. The second-order valence-corrected chi connectivity index (χ2v) is 8.13. The predicted molar refractivity (Wildman–Crippen MR) is 129 cm³/mol. The van der Waals surface area contributed by atoms with Gasteiger partial charge in [-0.1, -0.05) is 30.0 Å². The topological polar surface area (TPSA) is 123 Å². The highest BCUT2D eigenvalue weighted by Crippen LogP contribution is 2.31. The van der Waals surface area contributed by atoms with Gasteiger partial charge in [-0.15, -0.1) is 0 Å². The van der Waals surface area contributed by atoms with Crippen LogP contribution in [0, 0.1) is 13.8 Å². The fourth-order valence-corrected chi connectivity index (χ4v) is 3.74. The average Bonchev–Trinajstić information content (AvgIpc) is 2.81. The third-order valence-corrected chi connectivity index (χ3v) is 5.32. The van der Waals surface area contributed by atoms with E-state index < -0.39 is 5.97 Å². The van der Waals surface area contributed by atoms with Crippen LogP contribution in [-0.2, 0) is 11.4 Å². The van der Waals surface area contributed by atoms with Crippen LogP contribution < -0.4 is 14.9 Å². The highest BCUT2D eigenvalue weighted by molar-refractivity contribution is 7.99. The molecule has 3 aromatic rings. The van der Waals surface area contributed by atoms with Gasteiger partial charge >= 0.3 is 5.97 Å². The summed E-state index contributed by atoms with van der Waals surface area (Å²) in [6.45, 7) is 3.88. The number of hydrazone groups is 1. The highest BCUT2D eigenvalue weighted by atomic mass is 32.2. The molecule has 0 unspecified atom stereocenters. The Morgan fingerprint density at radius 1 is 1.12 bits per heavy atom. The molecule has 1 amide bonds. The number of carbonyl (C=O) groups is 2. The quantitative estimate of drug-likeness (QED) is 0.195. The smallest absolute Gasteiger partial charge is 0.335 e. The number of benzene rings is 2. The third-order valence-electron chi connectivity index (χ3n) is 4.47. The number of para-hydroxylation sites is 1. The lowest BCUT2D eigenvalue weighted by molar-refractivity contribution is -0.118. The van der Waals surface area contributed by atoms with Gasteiger partial charge in [0, 0.05) is 17.0 Å². The van der Waals surface area contributed by atoms with E-state index in [1.807, 2.05) is 19.9 Å². The molecule has 9 nitrogen and oxygen atoms in total. The number of nitrogens with zero attached hydrogens (tertiary/aromatic N) is 3. The van der Waals surface area contributed by atoms with Crippen molar-refractivity contribution in [3.63, 3.8) is 0 Å². The van der Waals surface area contributed by atoms with Gasteiger partial charge < -0.3 is 14.6 Å². The largest absolute Gasteiger partial charge is 0.493 e. The van der Waals surface area contributed by atoms with E-state index in [1.165, 1.54) is 31.2 Å². The zero-order valence-corrected chi connectivity index (χ0v) is 19.8. The van der Waals surface area contributed by atoms with E-state index in [2.05, 4.69) is 20.5 Å². The number of aromatic nitrogens is 2. The summed E-state index contributed by atoms with van der Waals surface area (Å²) in [6, 6.07) is 13.6. The minimum Gasteiger partial charge on any atom is -0.493 e. The van der Waals surface area contributed by atoms with Gasteiger partial charge in [-0.2, -0.15) is 5.10 Å². The number of hydrogen-bond donors (Lipinski definition) is 2. The van der Waals surface area contributed by atoms with Gasteiger partial charge in [0.25, 0.3) is 5.91 Å². The van der Waals surface area contributed by atoms with Gasteiger partial charge in [0.05, 0.1) is 24.6 Å². The molecule has 1 aromatic heterocycles. The molecule has 2 N–H and O–H groups in total. The standard InChI is InChI=1S/C24H24N4O5S/c1-15-10-16(2)27-24(26-15)34-14-21(29)28-25-12-19-8-5-9-20(32-3)22(19)33-13-17-6-4-7-18(11-17)23(30)31/h4-12H,13-14H2,1-3H3,(H,28,29)(H,30,31)/b25-12-. The Kier molecular flexibility index (Phi) is 8.58. The maximum atomic E-state index is 12.2. The third kappa shape index (κ3) is 7.04. The van der Waals surface area contributed by atoms with Gasteiger partial charge in [-0.25, -0.2) is 20.2 Å². The molecule has 2 aromatic carbocycles. The first kappa shape index (κ1) is 24.7. The number of carboxylic acid groups (broad SMARTS) is 1. The van der Waals surface area contributed by atoms with E-state index in [9.17, 15) is 9.59 Å². The van der Waals surface area contributed by atoms with Crippen LogP contribution in [0.4, 0.5) is 0 Å². The Hall–Kier alpha value is -3.92. The summed E-state index contributed by atoms with van der Waals surface area (Å²) >= 11 is 1.23. The van der Waals surface area contributed by atoms with E-state index in [1.54, 1.807) is 36.4 Å². The summed E-state index contributed by atoms with van der Waals surface area (Å²) in [4.78, 5) is 32.0. The van der Waals surface area contributed by atoms with Crippen molar-refractivity contribution >= 4 is 29.9 Å². The van der Waals surface area contributed by atoms with Crippen LogP contribution in [0.5, 0.6) is 11.5 Å². The lowest BCUT2D eigenvalue weighted by atomic mass is 10.1. The van der Waals surface area contributed by atoms with Crippen molar-refractivity contribution in [3.05, 3.63) is 76.6 Å². The van der Waals surface area contributed by atoms with Crippen molar-refractivity contribution in [2.24, 2.45) is 5.10 Å². The van der Waals surface area contributed by atoms with Crippen molar-refractivity contribution in [2.45, 2.75) is 25.6 Å². The summed E-state index contributed by atoms with van der Waals surface area (Å²) in [6.07, 6.45) is 1.46. The number of methoxy groups -OCH3 is 1. The van der Waals surface area contributed by atoms with Gasteiger partial charge in [-0.05, 0) is 49.7 Å². The second-order valence-electron chi connectivity index (χ2n) is 7.19. The van der Waals surface area contributed by atoms with Crippen LogP contribution >= 0.6 is 11.8 Å². The maximum absolute atomic E-state index is 12.2. The number of aromatic carboxylic acids is 1. The molecule has 0 saturated carbocycles. The number of amides is 1. The van der Waals surface area contributed by atoms with Crippen LogP contribution in [0.1, 0.15) is 32.9 Å². The first-order valence-electron chi connectivity index (χ1n) is 10.2. The van der Waals surface area contributed by atoms with Crippen LogP contribution in [0.15, 0.2) is 58.8 Å². The fourth-order valence-electron chi connectivity index (χ4n) is 2.99. The Labute approximate surface area is 201 Å². The van der Waals surface area contributed by atoms with E-state index in [0.717, 1.165) is 11.4 Å². The first-order valence-corrected chi connectivity index (χ1v) is 11.2. The summed E-state index contributed by atoms with van der Waals surface area (Å²) in [5, 5.41) is 13.7. The molecule has 0 spiro atoms. The Balaban J connectivity index is 1.64. The minimum atomic E-state index is -1.01. The summed E-state index contributed by atoms with van der Waals surface area (Å²) in [7, 11) is 1.52. The Morgan fingerprint density at radius 3 is 2.56 bits per heavy atom. The van der Waals surface area contributed by atoms with Crippen molar-refractivity contribution in [1.29, 1.82) is 0 Å². The van der Waals surface area contributed by atoms with E-state index >= 15 is 0 Å². The number of carboxylic acids is 1. The number of carbonyl (C=O) groups excluding carboxylic acids is 1. The zero-order chi connectivity index (χ0) is 24.5. The number of hydrogen-bond acceptors (Lipinski definition) is 8. The van der Waals surface area contributed by atoms with Crippen LogP contribution in [0.25, 0.3) is 0 Å². The molecule has 0 aliphatic carbocycles. The van der Waals surface area contributed by atoms with Crippen LogP contribution in [-0.4, -0.2) is 46.0 Å². The number of aryl methyl sites for hydroxylation is 2. The Bertz CT molecular complexity index is 1200. The van der Waals surface area contributed by atoms with Crippen molar-refractivity contribution in [2.75, 3.05) is 12.9 Å². The van der Waals surface area contributed by atoms with Gasteiger partial charge in [0.15, 0.2) is 16.7 Å². The zero-order valence-electron chi connectivity index (χ0n) is 18.9. The normalized spacial score (nSPS) is 10.8. The van der Waals surface area contributed by atoms with E-state index in [-0.39, 0.29) is 23.8 Å². The van der Waals surface area contributed by atoms with Gasteiger partial charge in [-0.3, -0.25) is 4.79 Å². The highest BCUT2D eigenvalue weighted by Gasteiger charge is 2.11. The molecule has 176 valence electrons. The molecule has 0 aliphatic rings. The molecular weight excluding hydrogens is 456 g/mol. The minimum absolute atomic E-state index is 0.113. The maximum Gasteiger partial charge on any atom is 0.335 e. The number of thioether (sulfide) groups is 1.